The summed E-state index contributed by atoms with van der Waals surface area (Å²) in [7, 11) is -1.43. The molecule has 10 nitrogen and oxygen atoms in total. The maximum atomic E-state index is 13.3. The van der Waals surface area contributed by atoms with Gasteiger partial charge in [-0.2, -0.15) is 4.72 Å². The van der Waals surface area contributed by atoms with Crippen LogP contribution in [0.1, 0.15) is 17.3 Å². The second-order valence-corrected chi connectivity index (χ2v) is 9.60. The van der Waals surface area contributed by atoms with Crippen LogP contribution in [0.15, 0.2) is 87.4 Å². The van der Waals surface area contributed by atoms with Crippen LogP contribution in [0.2, 0.25) is 0 Å². The largest absolute Gasteiger partial charge is 0.349 e. The molecule has 0 spiro atoms. The van der Waals surface area contributed by atoms with Gasteiger partial charge in [-0.1, -0.05) is 36.4 Å². The molecular formula is C24H23N5O5S. The number of pyridine rings is 1. The first-order chi connectivity index (χ1) is 16.7. The van der Waals surface area contributed by atoms with E-state index >= 15 is 0 Å². The predicted molar refractivity (Wildman–Crippen MR) is 130 cm³/mol. The Kier molecular flexibility index (Phi) is 6.63. The first kappa shape index (κ1) is 24.0. The monoisotopic (exact) mass is 493 g/mol. The van der Waals surface area contributed by atoms with Gasteiger partial charge >= 0.3 is 5.69 Å². The summed E-state index contributed by atoms with van der Waals surface area (Å²) in [6.07, 6.45) is 1.60. The molecule has 0 bridgehead atoms. The van der Waals surface area contributed by atoms with Crippen molar-refractivity contribution >= 4 is 26.8 Å². The molecule has 0 aliphatic heterocycles. The van der Waals surface area contributed by atoms with Gasteiger partial charge in [0.2, 0.25) is 15.9 Å². The van der Waals surface area contributed by atoms with Crippen LogP contribution in [-0.4, -0.2) is 28.4 Å². The first-order valence-corrected chi connectivity index (χ1v) is 12.1. The van der Waals surface area contributed by atoms with Crippen LogP contribution in [0, 0.1) is 0 Å². The van der Waals surface area contributed by atoms with E-state index in [1.54, 1.807) is 54.7 Å². The van der Waals surface area contributed by atoms with Gasteiger partial charge in [-0.15, -0.1) is 0 Å². The molecule has 0 unspecified atom stereocenters. The van der Waals surface area contributed by atoms with Crippen LogP contribution in [-0.2, 0) is 35.5 Å². The van der Waals surface area contributed by atoms with E-state index in [4.69, 9.17) is 0 Å². The fourth-order valence-electron chi connectivity index (χ4n) is 3.67. The molecule has 0 aliphatic rings. The quantitative estimate of drug-likeness (QED) is 0.394. The van der Waals surface area contributed by atoms with Crippen LogP contribution < -0.4 is 21.3 Å². The molecule has 0 saturated carbocycles. The van der Waals surface area contributed by atoms with Crippen LogP contribution >= 0.6 is 0 Å². The van der Waals surface area contributed by atoms with Gasteiger partial charge < -0.3 is 5.32 Å². The molecule has 0 fully saturated rings. The minimum atomic E-state index is -4.24. The minimum absolute atomic E-state index is 0.0633. The number of amides is 1. The smallest absolute Gasteiger partial charge is 0.330 e. The maximum Gasteiger partial charge on any atom is 0.330 e. The number of nitrogens with zero attached hydrogens (tertiary/aromatic N) is 3. The molecule has 1 atom stereocenters. The van der Waals surface area contributed by atoms with Crippen molar-refractivity contribution < 1.29 is 13.2 Å². The van der Waals surface area contributed by atoms with E-state index < -0.39 is 33.2 Å². The summed E-state index contributed by atoms with van der Waals surface area (Å²) in [5.74, 6) is -0.565. The van der Waals surface area contributed by atoms with Crippen molar-refractivity contribution in [3.8, 4) is 0 Å². The molecule has 2 heterocycles. The standard InChI is InChI=1S/C24H23N5O5S/c1-28-20-12-11-18(14-19(20)23(31)29(2)24(28)32)35(33,34)27-21(16-8-4-3-5-9-16)22(30)26-15-17-10-6-7-13-25-17/h3-14,21,27H,15H2,1-2H3,(H,26,30)/t21-/m0/s1. The molecule has 180 valence electrons. The van der Waals surface area contributed by atoms with E-state index in [2.05, 4.69) is 15.0 Å². The third-order valence-electron chi connectivity index (χ3n) is 5.59. The topological polar surface area (TPSA) is 132 Å². The van der Waals surface area contributed by atoms with Crippen molar-refractivity contribution in [2.75, 3.05) is 0 Å². The summed E-state index contributed by atoms with van der Waals surface area (Å²) >= 11 is 0. The van der Waals surface area contributed by atoms with E-state index in [9.17, 15) is 22.8 Å². The number of sulfonamides is 1. The second-order valence-electron chi connectivity index (χ2n) is 7.89. The molecule has 35 heavy (non-hydrogen) atoms. The Morgan fingerprint density at radius 3 is 2.37 bits per heavy atom. The van der Waals surface area contributed by atoms with Crippen molar-refractivity contribution in [3.05, 3.63) is 105 Å². The third-order valence-corrected chi connectivity index (χ3v) is 7.01. The number of aryl methyl sites for hydroxylation is 1. The lowest BCUT2D eigenvalue weighted by Gasteiger charge is -2.19. The van der Waals surface area contributed by atoms with Gasteiger partial charge in [-0.25, -0.2) is 13.2 Å². The molecule has 0 saturated heterocycles. The highest BCUT2D eigenvalue weighted by atomic mass is 32.2. The molecule has 0 aliphatic carbocycles. The van der Waals surface area contributed by atoms with Crippen molar-refractivity contribution in [1.29, 1.82) is 0 Å². The Balaban J connectivity index is 1.69. The Morgan fingerprint density at radius 1 is 0.971 bits per heavy atom. The van der Waals surface area contributed by atoms with Crippen molar-refractivity contribution in [3.63, 3.8) is 0 Å². The normalized spacial score (nSPS) is 12.4. The molecule has 1 amide bonds. The highest BCUT2D eigenvalue weighted by Crippen LogP contribution is 2.20. The Bertz CT molecular complexity index is 1610. The fraction of sp³-hybridized carbons (Fsp3) is 0.167. The highest BCUT2D eigenvalue weighted by molar-refractivity contribution is 7.89. The number of carbonyl (C=O) groups excluding carboxylic acids is 1. The molecule has 4 aromatic rings. The zero-order chi connectivity index (χ0) is 25.2. The average Bonchev–Trinajstić information content (AvgIpc) is 2.88. The van der Waals surface area contributed by atoms with Gasteiger partial charge in [0.05, 0.1) is 28.0 Å². The summed E-state index contributed by atoms with van der Waals surface area (Å²) < 4.78 is 31.2. The lowest BCUT2D eigenvalue weighted by molar-refractivity contribution is -0.123. The molecule has 2 aromatic carbocycles. The summed E-state index contributed by atoms with van der Waals surface area (Å²) in [6, 6.07) is 16.4. The third kappa shape index (κ3) is 4.91. The van der Waals surface area contributed by atoms with E-state index in [0.29, 0.717) is 16.8 Å². The van der Waals surface area contributed by atoms with Gasteiger partial charge in [-0.05, 0) is 35.9 Å². The fourth-order valence-corrected chi connectivity index (χ4v) is 4.88. The SMILES string of the molecule is Cn1c(=O)c2cc(S(=O)(=O)N[C@H](C(=O)NCc3ccccn3)c3ccccc3)ccc2n(C)c1=O. The second kappa shape index (κ2) is 9.65. The van der Waals surface area contributed by atoms with Crippen LogP contribution in [0.4, 0.5) is 0 Å². The van der Waals surface area contributed by atoms with E-state index in [1.807, 2.05) is 0 Å². The molecule has 2 aromatic heterocycles. The Morgan fingerprint density at radius 2 is 1.69 bits per heavy atom. The lowest BCUT2D eigenvalue weighted by Crippen LogP contribution is -2.40. The van der Waals surface area contributed by atoms with Crippen molar-refractivity contribution in [2.45, 2.75) is 17.5 Å². The van der Waals surface area contributed by atoms with E-state index in [-0.39, 0.29) is 16.8 Å². The van der Waals surface area contributed by atoms with Crippen LogP contribution in [0.5, 0.6) is 0 Å². The lowest BCUT2D eigenvalue weighted by atomic mass is 10.1. The summed E-state index contributed by atoms with van der Waals surface area (Å²) in [5.41, 5.74) is 0.211. The number of aromatic nitrogens is 3. The Labute approximate surface area is 200 Å². The van der Waals surface area contributed by atoms with Gasteiger partial charge in [0.15, 0.2) is 0 Å². The van der Waals surface area contributed by atoms with E-state index in [0.717, 1.165) is 4.57 Å². The molecule has 4 rings (SSSR count). The number of fused-ring (bicyclic) bond motifs is 1. The summed E-state index contributed by atoms with van der Waals surface area (Å²) in [5, 5.41) is 2.77. The minimum Gasteiger partial charge on any atom is -0.349 e. The predicted octanol–water partition coefficient (Wildman–Crippen LogP) is 0.968. The number of hydrogen-bond acceptors (Lipinski definition) is 6. The van der Waals surface area contributed by atoms with Crippen LogP contribution in [0.3, 0.4) is 0 Å². The van der Waals surface area contributed by atoms with Gasteiger partial charge in [0.25, 0.3) is 5.56 Å². The number of benzene rings is 2. The number of rotatable bonds is 7. The van der Waals surface area contributed by atoms with Gasteiger partial charge in [-0.3, -0.25) is 23.7 Å². The van der Waals surface area contributed by atoms with Crippen molar-refractivity contribution in [1.82, 2.24) is 24.2 Å². The number of nitrogens with one attached hydrogen (secondary N) is 2. The summed E-state index contributed by atoms with van der Waals surface area (Å²) in [4.78, 5) is 41.8. The number of hydrogen-bond donors (Lipinski definition) is 2. The number of carbonyl (C=O) groups is 1. The highest BCUT2D eigenvalue weighted by Gasteiger charge is 2.28. The van der Waals surface area contributed by atoms with Crippen molar-refractivity contribution in [2.24, 2.45) is 14.1 Å². The molecular weight excluding hydrogens is 470 g/mol. The van der Waals surface area contributed by atoms with E-state index in [1.165, 1.54) is 36.9 Å². The molecule has 2 N–H and O–H groups in total. The zero-order valence-corrected chi connectivity index (χ0v) is 19.8. The Hall–Kier alpha value is -4.09. The molecule has 0 radical (unpaired) electrons. The zero-order valence-electron chi connectivity index (χ0n) is 19.0. The summed E-state index contributed by atoms with van der Waals surface area (Å²) in [6.45, 7) is 0.116. The first-order valence-electron chi connectivity index (χ1n) is 10.6. The van der Waals surface area contributed by atoms with Gasteiger partial charge in [0, 0.05) is 20.3 Å². The van der Waals surface area contributed by atoms with Gasteiger partial charge in [0.1, 0.15) is 6.04 Å². The average molecular weight is 494 g/mol. The maximum absolute atomic E-state index is 13.3. The van der Waals surface area contributed by atoms with Crippen LogP contribution in [0.25, 0.3) is 10.9 Å². The molecule has 11 heteroatoms.